The van der Waals surface area contributed by atoms with Crippen molar-refractivity contribution in [3.8, 4) is 50.9 Å². The average molecular weight is 596 g/mol. The highest BCUT2D eigenvalue weighted by atomic mass is 32.1. The number of nitrogens with two attached hydrogens (primary N) is 1. The highest BCUT2D eigenvalue weighted by Crippen LogP contribution is 2.46. The van der Waals surface area contributed by atoms with Crippen molar-refractivity contribution in [2.24, 2.45) is 0 Å². The molecule has 0 unspecified atom stereocenters. The molecule has 6 aromatic rings. The largest absolute Gasteiger partial charge is 0.493 e. The Balaban J connectivity index is 1.47. The fourth-order valence-electron chi connectivity index (χ4n) is 4.65. The van der Waals surface area contributed by atoms with Crippen LogP contribution in [0.1, 0.15) is 9.67 Å². The number of pyridine rings is 2. The monoisotopic (exact) mass is 595 g/mol. The lowest BCUT2D eigenvalue weighted by atomic mass is 9.98. The summed E-state index contributed by atoms with van der Waals surface area (Å²) in [6.07, 6.45) is 3.40. The lowest BCUT2D eigenvalue weighted by Crippen LogP contribution is -2.11. The number of methoxy groups -OCH3 is 3. The smallest absolute Gasteiger partial charge is 0.269 e. The molecule has 0 bridgehead atoms. The van der Waals surface area contributed by atoms with E-state index < -0.39 is 0 Å². The summed E-state index contributed by atoms with van der Waals surface area (Å²) < 4.78 is 16.8. The molecule has 0 saturated carbocycles. The van der Waals surface area contributed by atoms with Crippen LogP contribution in [-0.4, -0.2) is 42.2 Å². The molecule has 1 amide bonds. The van der Waals surface area contributed by atoms with Gasteiger partial charge in [0.2, 0.25) is 5.75 Å². The molecule has 4 aromatic heterocycles. The van der Waals surface area contributed by atoms with Crippen molar-refractivity contribution >= 4 is 49.6 Å². The molecule has 210 valence electrons. The number of aromatic nitrogens is 3. The van der Waals surface area contributed by atoms with E-state index in [1.54, 1.807) is 33.7 Å². The Morgan fingerprint density at radius 1 is 0.833 bits per heavy atom. The van der Waals surface area contributed by atoms with Gasteiger partial charge < -0.3 is 19.9 Å². The lowest BCUT2D eigenvalue weighted by Gasteiger charge is -2.15. The molecule has 0 aliphatic carbocycles. The maximum Gasteiger partial charge on any atom is 0.269 e. The third-order valence-corrected chi connectivity index (χ3v) is 8.51. The van der Waals surface area contributed by atoms with Gasteiger partial charge in [-0.2, -0.15) is 0 Å². The van der Waals surface area contributed by atoms with Crippen LogP contribution in [0.3, 0.4) is 0 Å². The molecule has 3 N–H and O–H groups in total. The van der Waals surface area contributed by atoms with Gasteiger partial charge in [-0.05, 0) is 41.5 Å². The van der Waals surface area contributed by atoms with Gasteiger partial charge in [0.1, 0.15) is 9.71 Å². The summed E-state index contributed by atoms with van der Waals surface area (Å²) in [6.45, 7) is 0. The zero-order chi connectivity index (χ0) is 29.2. The molecular weight excluding hydrogens is 571 g/mol. The van der Waals surface area contributed by atoms with Crippen molar-refractivity contribution in [2.45, 2.75) is 0 Å². The van der Waals surface area contributed by atoms with E-state index in [0.29, 0.717) is 43.2 Å². The number of nitrogens with zero attached hydrogens (tertiary/aromatic N) is 3. The zero-order valence-electron chi connectivity index (χ0n) is 22.9. The third kappa shape index (κ3) is 5.00. The summed E-state index contributed by atoms with van der Waals surface area (Å²) in [5.74, 6) is 1.12. The fourth-order valence-corrected chi connectivity index (χ4v) is 6.38. The van der Waals surface area contributed by atoms with Gasteiger partial charge in [0.25, 0.3) is 5.91 Å². The lowest BCUT2D eigenvalue weighted by molar-refractivity contribution is 0.103. The van der Waals surface area contributed by atoms with Crippen molar-refractivity contribution in [3.63, 3.8) is 0 Å². The molecule has 0 atom stereocenters. The Morgan fingerprint density at radius 2 is 1.52 bits per heavy atom. The van der Waals surface area contributed by atoms with Crippen LogP contribution in [0.5, 0.6) is 17.2 Å². The van der Waals surface area contributed by atoms with E-state index in [-0.39, 0.29) is 5.91 Å². The maximum atomic E-state index is 13.5. The average Bonchev–Trinajstić information content (AvgIpc) is 3.64. The fraction of sp³-hybridized carbons (Fsp3) is 0.0968. The molecule has 0 radical (unpaired) electrons. The summed E-state index contributed by atoms with van der Waals surface area (Å²) >= 11 is 2.57. The van der Waals surface area contributed by atoms with Gasteiger partial charge in [0.15, 0.2) is 16.6 Å². The predicted molar refractivity (Wildman–Crippen MR) is 168 cm³/mol. The van der Waals surface area contributed by atoms with Crippen LogP contribution in [0.25, 0.3) is 43.9 Å². The molecule has 6 rings (SSSR count). The number of nitrogen functional groups attached to an aromatic ring is 1. The Morgan fingerprint density at radius 3 is 2.19 bits per heavy atom. The van der Waals surface area contributed by atoms with E-state index >= 15 is 0 Å². The first-order valence-electron chi connectivity index (χ1n) is 12.8. The van der Waals surface area contributed by atoms with E-state index in [1.807, 2.05) is 66.0 Å². The number of anilines is 2. The molecule has 42 heavy (non-hydrogen) atoms. The molecule has 0 aliphatic heterocycles. The summed E-state index contributed by atoms with van der Waals surface area (Å²) in [4.78, 5) is 28.0. The van der Waals surface area contributed by atoms with Crippen molar-refractivity contribution in [1.29, 1.82) is 0 Å². The third-order valence-electron chi connectivity index (χ3n) is 6.65. The standard InChI is InChI=1S/C31H25N5O4S2/c1-38-23-13-19(14-24(39-2)27(23)40-3)20-15-21(17-7-5-4-6-8-17)34-30-25(20)26(32)28(42-30)29(37)36-31-35-22(16-41-31)18-9-11-33-12-10-18/h4-16H,32H2,1-3H3,(H,35,36,37). The minimum Gasteiger partial charge on any atom is -0.493 e. The van der Waals surface area contributed by atoms with E-state index in [9.17, 15) is 4.79 Å². The maximum absolute atomic E-state index is 13.5. The Hall–Kier alpha value is -5.00. The summed E-state index contributed by atoms with van der Waals surface area (Å²) in [7, 11) is 4.69. The summed E-state index contributed by atoms with van der Waals surface area (Å²) in [5, 5.41) is 5.92. The zero-order valence-corrected chi connectivity index (χ0v) is 24.5. The van der Waals surface area contributed by atoms with Crippen molar-refractivity contribution in [3.05, 3.63) is 83.3 Å². The number of thiophene rings is 1. The Kier molecular flexibility index (Phi) is 7.43. The normalized spacial score (nSPS) is 10.9. The van der Waals surface area contributed by atoms with Gasteiger partial charge in [-0.3, -0.25) is 15.1 Å². The summed E-state index contributed by atoms with van der Waals surface area (Å²) in [5.41, 5.74) is 11.9. The molecule has 4 heterocycles. The number of carbonyl (C=O) groups is 1. The number of fused-ring (bicyclic) bond motifs is 1. The second-order valence-corrected chi connectivity index (χ2v) is 10.9. The molecule has 9 nitrogen and oxygen atoms in total. The molecule has 0 aliphatic rings. The minimum absolute atomic E-state index is 0.328. The molecule has 2 aromatic carbocycles. The number of thiazole rings is 1. The Labute approximate surface area is 249 Å². The number of benzene rings is 2. The number of hydrogen-bond donors (Lipinski definition) is 2. The number of ether oxygens (including phenoxy) is 3. The predicted octanol–water partition coefficient (Wildman–Crippen LogP) is 7.01. The molecule has 0 saturated heterocycles. The quantitative estimate of drug-likeness (QED) is 0.193. The number of amides is 1. The highest BCUT2D eigenvalue weighted by Gasteiger charge is 2.24. The molecule has 0 fully saturated rings. The van der Waals surface area contributed by atoms with Gasteiger partial charge >= 0.3 is 0 Å². The Bertz CT molecular complexity index is 1880. The van der Waals surface area contributed by atoms with Crippen molar-refractivity contribution in [1.82, 2.24) is 15.0 Å². The SMILES string of the molecule is COc1cc(-c2cc(-c3ccccc3)nc3sc(C(=O)Nc4nc(-c5ccncc5)cs4)c(N)c23)cc(OC)c1OC. The van der Waals surface area contributed by atoms with E-state index in [1.165, 1.54) is 22.7 Å². The first-order chi connectivity index (χ1) is 20.5. The van der Waals surface area contributed by atoms with E-state index in [2.05, 4.69) is 15.3 Å². The van der Waals surface area contributed by atoms with Crippen LogP contribution in [0.2, 0.25) is 0 Å². The van der Waals surface area contributed by atoms with Gasteiger partial charge in [-0.15, -0.1) is 22.7 Å². The number of carbonyl (C=O) groups excluding carboxylic acids is 1. The molecule has 0 spiro atoms. The van der Waals surface area contributed by atoms with Gasteiger partial charge in [0.05, 0.1) is 38.4 Å². The van der Waals surface area contributed by atoms with E-state index in [0.717, 1.165) is 33.6 Å². The molecule has 11 heteroatoms. The van der Waals surface area contributed by atoms with Crippen molar-refractivity contribution < 1.29 is 19.0 Å². The van der Waals surface area contributed by atoms with E-state index in [4.69, 9.17) is 24.9 Å². The first kappa shape index (κ1) is 27.2. The van der Waals surface area contributed by atoms with Crippen LogP contribution in [0.4, 0.5) is 10.8 Å². The van der Waals surface area contributed by atoms with Gasteiger partial charge in [0, 0.05) is 34.3 Å². The summed E-state index contributed by atoms with van der Waals surface area (Å²) in [6, 6.07) is 19.2. The van der Waals surface area contributed by atoms with Crippen LogP contribution >= 0.6 is 22.7 Å². The van der Waals surface area contributed by atoms with Gasteiger partial charge in [-0.1, -0.05) is 30.3 Å². The number of rotatable bonds is 8. The second-order valence-electron chi connectivity index (χ2n) is 9.09. The van der Waals surface area contributed by atoms with Crippen LogP contribution in [0, 0.1) is 0 Å². The first-order valence-corrected chi connectivity index (χ1v) is 14.5. The van der Waals surface area contributed by atoms with Crippen LogP contribution < -0.4 is 25.3 Å². The van der Waals surface area contributed by atoms with Crippen LogP contribution in [0.15, 0.2) is 78.4 Å². The second kappa shape index (κ2) is 11.5. The number of hydrogen-bond acceptors (Lipinski definition) is 10. The minimum atomic E-state index is -0.358. The topological polar surface area (TPSA) is 121 Å². The highest BCUT2D eigenvalue weighted by molar-refractivity contribution is 7.21. The number of nitrogens with one attached hydrogen (secondary N) is 1. The molecular formula is C31H25N5O4S2. The van der Waals surface area contributed by atoms with Crippen molar-refractivity contribution in [2.75, 3.05) is 32.4 Å². The van der Waals surface area contributed by atoms with Gasteiger partial charge in [-0.25, -0.2) is 9.97 Å². The van der Waals surface area contributed by atoms with Crippen LogP contribution in [-0.2, 0) is 0 Å².